The molecule has 1 fully saturated rings. The molecule has 0 bridgehead atoms. The van der Waals surface area contributed by atoms with Crippen LogP contribution in [-0.2, 0) is 4.74 Å². The first-order valence-electron chi connectivity index (χ1n) is 7.76. The maximum absolute atomic E-state index is 11.8. The Bertz CT molecular complexity index is 503. The fraction of sp³-hybridized carbons (Fsp3) is 0.588. The summed E-state index contributed by atoms with van der Waals surface area (Å²) in [6.45, 7) is 7.40. The Morgan fingerprint density at radius 2 is 1.86 bits per heavy atom. The summed E-state index contributed by atoms with van der Waals surface area (Å²) < 4.78 is 10.7. The third-order valence-corrected chi connectivity index (χ3v) is 3.64. The number of para-hydroxylation sites is 2. The Hall–Kier alpha value is -1.91. The van der Waals surface area contributed by atoms with Gasteiger partial charge in [-0.3, -0.25) is 0 Å². The molecule has 122 valence electrons. The van der Waals surface area contributed by atoms with Crippen molar-refractivity contribution in [1.29, 1.82) is 0 Å². The van der Waals surface area contributed by atoms with Crippen molar-refractivity contribution >= 4 is 11.8 Å². The number of nitrogens with one attached hydrogen (secondary N) is 1. The molecule has 22 heavy (non-hydrogen) atoms. The molecule has 0 atom stereocenters. The molecule has 5 heteroatoms. The number of nitrogens with zero attached hydrogens (tertiary/aromatic N) is 1. The highest BCUT2D eigenvalue weighted by molar-refractivity contribution is 5.68. The molecule has 1 heterocycles. The second kappa shape index (κ2) is 6.90. The molecule has 0 saturated carbocycles. The highest BCUT2D eigenvalue weighted by Gasteiger charge is 2.24. The average molecular weight is 306 g/mol. The second-order valence-corrected chi connectivity index (χ2v) is 6.58. The lowest BCUT2D eigenvalue weighted by molar-refractivity contribution is 0.0497. The SMILES string of the molecule is COc1ccccc1N1CCC(NC(=O)OC(C)(C)C)CC1. The maximum Gasteiger partial charge on any atom is 0.407 e. The first-order chi connectivity index (χ1) is 10.4. The van der Waals surface area contributed by atoms with Crippen LogP contribution < -0.4 is 15.0 Å². The Labute approximate surface area is 132 Å². The van der Waals surface area contributed by atoms with Gasteiger partial charge in [0.2, 0.25) is 0 Å². The molecule has 0 aromatic heterocycles. The van der Waals surface area contributed by atoms with E-state index in [2.05, 4.69) is 16.3 Å². The Kier molecular flexibility index (Phi) is 5.16. The quantitative estimate of drug-likeness (QED) is 0.932. The van der Waals surface area contributed by atoms with Gasteiger partial charge >= 0.3 is 6.09 Å². The minimum Gasteiger partial charge on any atom is -0.495 e. The van der Waals surface area contributed by atoms with Crippen molar-refractivity contribution in [2.75, 3.05) is 25.1 Å². The first-order valence-corrected chi connectivity index (χ1v) is 7.76. The molecule has 0 spiro atoms. The van der Waals surface area contributed by atoms with E-state index in [0.717, 1.165) is 37.4 Å². The number of carbonyl (C=O) groups excluding carboxylic acids is 1. The topological polar surface area (TPSA) is 50.8 Å². The predicted octanol–water partition coefficient (Wildman–Crippen LogP) is 3.19. The van der Waals surface area contributed by atoms with E-state index in [1.54, 1.807) is 7.11 Å². The van der Waals surface area contributed by atoms with Crippen LogP contribution in [0.3, 0.4) is 0 Å². The molecule has 1 aliphatic rings. The predicted molar refractivity (Wildman–Crippen MR) is 87.6 cm³/mol. The molecule has 1 saturated heterocycles. The number of benzene rings is 1. The Morgan fingerprint density at radius 3 is 2.45 bits per heavy atom. The lowest BCUT2D eigenvalue weighted by Crippen LogP contribution is -2.46. The molecule has 0 radical (unpaired) electrons. The fourth-order valence-electron chi connectivity index (χ4n) is 2.63. The van der Waals surface area contributed by atoms with Crippen molar-refractivity contribution in [1.82, 2.24) is 5.32 Å². The molecular formula is C17H26N2O3. The summed E-state index contributed by atoms with van der Waals surface area (Å²) in [5.74, 6) is 0.890. The molecule has 1 aliphatic heterocycles. The van der Waals surface area contributed by atoms with Gasteiger partial charge in [0.15, 0.2) is 0 Å². The van der Waals surface area contributed by atoms with E-state index in [4.69, 9.17) is 9.47 Å². The van der Waals surface area contributed by atoms with Crippen LogP contribution >= 0.6 is 0 Å². The maximum atomic E-state index is 11.8. The highest BCUT2D eigenvalue weighted by atomic mass is 16.6. The van der Waals surface area contributed by atoms with Crippen LogP contribution in [0.15, 0.2) is 24.3 Å². The number of anilines is 1. The number of alkyl carbamates (subject to hydrolysis) is 1. The Morgan fingerprint density at radius 1 is 1.23 bits per heavy atom. The summed E-state index contributed by atoms with van der Waals surface area (Å²) in [4.78, 5) is 14.1. The number of hydrogen-bond acceptors (Lipinski definition) is 4. The van der Waals surface area contributed by atoms with Crippen LogP contribution in [0.5, 0.6) is 5.75 Å². The third-order valence-electron chi connectivity index (χ3n) is 3.64. The number of carbonyl (C=O) groups is 1. The van der Waals surface area contributed by atoms with E-state index in [0.29, 0.717) is 0 Å². The molecule has 1 N–H and O–H groups in total. The van der Waals surface area contributed by atoms with Crippen molar-refractivity contribution in [3.8, 4) is 5.75 Å². The van der Waals surface area contributed by atoms with Gasteiger partial charge < -0.3 is 19.7 Å². The smallest absolute Gasteiger partial charge is 0.407 e. The van der Waals surface area contributed by atoms with Gasteiger partial charge in [0.1, 0.15) is 11.4 Å². The van der Waals surface area contributed by atoms with Gasteiger partial charge in [-0.2, -0.15) is 0 Å². The van der Waals surface area contributed by atoms with E-state index in [9.17, 15) is 4.79 Å². The molecule has 1 aromatic rings. The molecule has 1 amide bonds. The van der Waals surface area contributed by atoms with Crippen LogP contribution in [0.4, 0.5) is 10.5 Å². The minimum atomic E-state index is -0.456. The molecule has 1 aromatic carbocycles. The standard InChI is InChI=1S/C17H26N2O3/c1-17(2,3)22-16(20)18-13-9-11-19(12-10-13)14-7-5-6-8-15(14)21-4/h5-8,13H,9-12H2,1-4H3,(H,18,20). The summed E-state index contributed by atoms with van der Waals surface area (Å²) in [6, 6.07) is 8.20. The largest absolute Gasteiger partial charge is 0.495 e. The zero-order valence-electron chi connectivity index (χ0n) is 13.9. The lowest BCUT2D eigenvalue weighted by Gasteiger charge is -2.34. The normalized spacial score (nSPS) is 16.3. The van der Waals surface area contributed by atoms with E-state index < -0.39 is 5.60 Å². The molecule has 0 aliphatic carbocycles. The monoisotopic (exact) mass is 306 g/mol. The van der Waals surface area contributed by atoms with E-state index in [-0.39, 0.29) is 12.1 Å². The van der Waals surface area contributed by atoms with E-state index in [1.807, 2.05) is 39.0 Å². The first kappa shape index (κ1) is 16.5. The van der Waals surface area contributed by atoms with Crippen molar-refractivity contribution in [2.45, 2.75) is 45.3 Å². The van der Waals surface area contributed by atoms with Gasteiger partial charge in [0, 0.05) is 19.1 Å². The van der Waals surface area contributed by atoms with Crippen molar-refractivity contribution < 1.29 is 14.3 Å². The van der Waals surface area contributed by atoms with Crippen molar-refractivity contribution in [3.05, 3.63) is 24.3 Å². The van der Waals surface area contributed by atoms with Crippen LogP contribution in [0.25, 0.3) is 0 Å². The van der Waals surface area contributed by atoms with E-state index >= 15 is 0 Å². The summed E-state index contributed by atoms with van der Waals surface area (Å²) in [5, 5.41) is 2.96. The lowest BCUT2D eigenvalue weighted by atomic mass is 10.0. The zero-order chi connectivity index (χ0) is 16.2. The highest BCUT2D eigenvalue weighted by Crippen LogP contribution is 2.29. The van der Waals surface area contributed by atoms with Crippen LogP contribution in [-0.4, -0.2) is 37.9 Å². The number of hydrogen-bond donors (Lipinski definition) is 1. The molecule has 2 rings (SSSR count). The molecular weight excluding hydrogens is 280 g/mol. The van der Waals surface area contributed by atoms with Gasteiger partial charge in [0.25, 0.3) is 0 Å². The molecule has 0 unspecified atom stereocenters. The van der Waals surface area contributed by atoms with Gasteiger partial charge in [0.05, 0.1) is 12.8 Å². The van der Waals surface area contributed by atoms with Crippen molar-refractivity contribution in [3.63, 3.8) is 0 Å². The van der Waals surface area contributed by atoms with Gasteiger partial charge in [-0.25, -0.2) is 4.79 Å². The van der Waals surface area contributed by atoms with Gasteiger partial charge in [-0.1, -0.05) is 12.1 Å². The van der Waals surface area contributed by atoms with Crippen molar-refractivity contribution in [2.24, 2.45) is 0 Å². The summed E-state index contributed by atoms with van der Waals surface area (Å²) in [6.07, 6.45) is 1.47. The zero-order valence-corrected chi connectivity index (χ0v) is 13.9. The van der Waals surface area contributed by atoms with Crippen LogP contribution in [0, 0.1) is 0 Å². The second-order valence-electron chi connectivity index (χ2n) is 6.58. The van der Waals surface area contributed by atoms with Gasteiger partial charge in [-0.05, 0) is 45.7 Å². The number of ether oxygens (including phenoxy) is 2. The summed E-state index contributed by atoms with van der Waals surface area (Å²) in [7, 11) is 1.69. The number of methoxy groups -OCH3 is 1. The van der Waals surface area contributed by atoms with E-state index in [1.165, 1.54) is 0 Å². The Balaban J connectivity index is 1.87. The summed E-state index contributed by atoms with van der Waals surface area (Å²) >= 11 is 0. The number of amides is 1. The van der Waals surface area contributed by atoms with Crippen LogP contribution in [0.2, 0.25) is 0 Å². The number of piperidine rings is 1. The number of rotatable bonds is 3. The van der Waals surface area contributed by atoms with Gasteiger partial charge in [-0.15, -0.1) is 0 Å². The minimum absolute atomic E-state index is 0.167. The fourth-order valence-corrected chi connectivity index (χ4v) is 2.63. The molecule has 5 nitrogen and oxygen atoms in total. The summed E-state index contributed by atoms with van der Waals surface area (Å²) in [5.41, 5.74) is 0.656. The average Bonchev–Trinajstić information content (AvgIpc) is 2.46. The van der Waals surface area contributed by atoms with Crippen LogP contribution in [0.1, 0.15) is 33.6 Å². The third kappa shape index (κ3) is 4.55.